The number of anilines is 1. The molecule has 0 aliphatic heterocycles. The molecule has 0 spiro atoms. The Balaban J connectivity index is 2.89. The molecule has 1 amide bonds. The topological polar surface area (TPSA) is 87.7 Å². The maximum Gasteiger partial charge on any atom is 0.227 e. The fourth-order valence-corrected chi connectivity index (χ4v) is 1.68. The number of halogens is 1. The number of nitrogens with one attached hydrogen (secondary N) is 1. The number of oxime groups is 1. The van der Waals surface area contributed by atoms with Crippen LogP contribution in [0.2, 0.25) is 0 Å². The quantitative estimate of drug-likeness (QED) is 0.331. The molecule has 0 heterocycles. The Morgan fingerprint density at radius 1 is 1.58 bits per heavy atom. The van der Waals surface area contributed by atoms with E-state index in [9.17, 15) is 9.18 Å². The number of hydrogen-bond donors (Lipinski definition) is 3. The zero-order chi connectivity index (χ0) is 14.4. The van der Waals surface area contributed by atoms with Crippen molar-refractivity contribution in [2.45, 2.75) is 26.7 Å². The van der Waals surface area contributed by atoms with Gasteiger partial charge in [-0.05, 0) is 24.6 Å². The minimum atomic E-state index is -0.616. The molecular formula is C13H18FN3O2. The van der Waals surface area contributed by atoms with Gasteiger partial charge in [0.25, 0.3) is 0 Å². The van der Waals surface area contributed by atoms with Gasteiger partial charge in [0, 0.05) is 11.6 Å². The lowest BCUT2D eigenvalue weighted by Gasteiger charge is -2.12. The van der Waals surface area contributed by atoms with E-state index in [-0.39, 0.29) is 23.2 Å². The summed E-state index contributed by atoms with van der Waals surface area (Å²) in [5.41, 5.74) is 5.71. The number of nitrogens with zero attached hydrogens (tertiary/aromatic N) is 1. The van der Waals surface area contributed by atoms with Crippen molar-refractivity contribution in [3.63, 3.8) is 0 Å². The summed E-state index contributed by atoms with van der Waals surface area (Å²) in [4.78, 5) is 11.8. The molecule has 0 saturated carbocycles. The smallest absolute Gasteiger partial charge is 0.227 e. The molecule has 1 unspecified atom stereocenters. The number of amides is 1. The first-order valence-electron chi connectivity index (χ1n) is 6.07. The zero-order valence-electron chi connectivity index (χ0n) is 11.0. The summed E-state index contributed by atoms with van der Waals surface area (Å²) in [5, 5.41) is 14.0. The van der Waals surface area contributed by atoms with Crippen LogP contribution in [0.3, 0.4) is 0 Å². The largest absolute Gasteiger partial charge is 0.409 e. The first-order chi connectivity index (χ1) is 8.99. The monoisotopic (exact) mass is 267 g/mol. The van der Waals surface area contributed by atoms with Gasteiger partial charge in [0.05, 0.1) is 5.56 Å². The van der Waals surface area contributed by atoms with Crippen LogP contribution in [0.15, 0.2) is 23.4 Å². The molecule has 19 heavy (non-hydrogen) atoms. The second kappa shape index (κ2) is 6.72. The summed E-state index contributed by atoms with van der Waals surface area (Å²) in [5.74, 6) is -1.22. The van der Waals surface area contributed by atoms with E-state index in [1.807, 2.05) is 13.8 Å². The summed E-state index contributed by atoms with van der Waals surface area (Å²) >= 11 is 0. The average Bonchev–Trinajstić information content (AvgIpc) is 2.40. The van der Waals surface area contributed by atoms with Crippen LogP contribution in [0.5, 0.6) is 0 Å². The first-order valence-corrected chi connectivity index (χ1v) is 6.07. The van der Waals surface area contributed by atoms with Gasteiger partial charge in [-0.2, -0.15) is 0 Å². The van der Waals surface area contributed by atoms with Gasteiger partial charge in [0.2, 0.25) is 5.91 Å². The van der Waals surface area contributed by atoms with Crippen molar-refractivity contribution < 1.29 is 14.4 Å². The van der Waals surface area contributed by atoms with E-state index in [1.54, 1.807) is 0 Å². The van der Waals surface area contributed by atoms with E-state index in [0.717, 1.165) is 18.9 Å². The van der Waals surface area contributed by atoms with Crippen molar-refractivity contribution in [2.75, 3.05) is 5.32 Å². The third kappa shape index (κ3) is 3.94. The number of rotatable bonds is 5. The van der Waals surface area contributed by atoms with Gasteiger partial charge in [-0.15, -0.1) is 0 Å². The van der Waals surface area contributed by atoms with Crippen molar-refractivity contribution in [2.24, 2.45) is 16.8 Å². The molecule has 0 aromatic heterocycles. The standard InChI is InChI=1S/C13H18FN3O2/c1-3-4-8(2)13(18)16-9-5-6-11(14)10(7-9)12(15)17-19/h5-8,19H,3-4H2,1-2H3,(H2,15,17)(H,16,18). The minimum Gasteiger partial charge on any atom is -0.409 e. The Morgan fingerprint density at radius 2 is 2.26 bits per heavy atom. The van der Waals surface area contributed by atoms with E-state index in [2.05, 4.69) is 10.5 Å². The summed E-state index contributed by atoms with van der Waals surface area (Å²) < 4.78 is 13.4. The number of benzene rings is 1. The number of nitrogens with two attached hydrogens (primary N) is 1. The third-order valence-electron chi connectivity index (χ3n) is 2.79. The molecule has 104 valence electrons. The van der Waals surface area contributed by atoms with Crippen molar-refractivity contribution >= 4 is 17.4 Å². The van der Waals surface area contributed by atoms with Gasteiger partial charge in [0.1, 0.15) is 5.82 Å². The molecule has 0 aliphatic rings. The van der Waals surface area contributed by atoms with Gasteiger partial charge >= 0.3 is 0 Å². The zero-order valence-corrected chi connectivity index (χ0v) is 11.0. The molecule has 0 bridgehead atoms. The van der Waals surface area contributed by atoms with Gasteiger partial charge < -0.3 is 16.3 Å². The van der Waals surface area contributed by atoms with Gasteiger partial charge in [-0.25, -0.2) is 4.39 Å². The molecule has 0 radical (unpaired) electrons. The van der Waals surface area contributed by atoms with Crippen LogP contribution in [0.1, 0.15) is 32.3 Å². The van der Waals surface area contributed by atoms with Gasteiger partial charge in [0.15, 0.2) is 5.84 Å². The maximum atomic E-state index is 13.4. The van der Waals surface area contributed by atoms with Crippen molar-refractivity contribution in [1.29, 1.82) is 0 Å². The molecule has 1 rings (SSSR count). The SMILES string of the molecule is CCCC(C)C(=O)Nc1ccc(F)c(C(N)=NO)c1. The lowest BCUT2D eigenvalue weighted by molar-refractivity contribution is -0.119. The molecule has 0 fully saturated rings. The third-order valence-corrected chi connectivity index (χ3v) is 2.79. The Morgan fingerprint density at radius 3 is 2.84 bits per heavy atom. The highest BCUT2D eigenvalue weighted by molar-refractivity contribution is 5.99. The summed E-state index contributed by atoms with van der Waals surface area (Å²) in [7, 11) is 0. The summed E-state index contributed by atoms with van der Waals surface area (Å²) in [6.07, 6.45) is 1.69. The molecule has 1 aromatic rings. The molecule has 6 heteroatoms. The van der Waals surface area contributed by atoms with Gasteiger partial charge in [-0.3, -0.25) is 4.79 Å². The molecule has 4 N–H and O–H groups in total. The summed E-state index contributed by atoms with van der Waals surface area (Å²) in [6.45, 7) is 3.82. The van der Waals surface area contributed by atoms with E-state index < -0.39 is 5.82 Å². The van der Waals surface area contributed by atoms with Crippen LogP contribution < -0.4 is 11.1 Å². The Bertz CT molecular complexity index is 489. The number of carbonyl (C=O) groups is 1. The van der Waals surface area contributed by atoms with Crippen LogP contribution in [0.4, 0.5) is 10.1 Å². The molecular weight excluding hydrogens is 249 g/mol. The van der Waals surface area contributed by atoms with Crippen LogP contribution in [0.25, 0.3) is 0 Å². The van der Waals surface area contributed by atoms with Gasteiger partial charge in [-0.1, -0.05) is 25.4 Å². The fraction of sp³-hybridized carbons (Fsp3) is 0.385. The second-order valence-electron chi connectivity index (χ2n) is 4.36. The second-order valence-corrected chi connectivity index (χ2v) is 4.36. The lowest BCUT2D eigenvalue weighted by atomic mass is 10.1. The molecule has 5 nitrogen and oxygen atoms in total. The molecule has 0 saturated heterocycles. The van der Waals surface area contributed by atoms with E-state index >= 15 is 0 Å². The van der Waals surface area contributed by atoms with Crippen LogP contribution in [-0.2, 0) is 4.79 Å². The average molecular weight is 267 g/mol. The van der Waals surface area contributed by atoms with Crippen molar-refractivity contribution in [3.05, 3.63) is 29.6 Å². The Labute approximate surface area is 111 Å². The highest BCUT2D eigenvalue weighted by atomic mass is 19.1. The lowest BCUT2D eigenvalue weighted by Crippen LogP contribution is -2.21. The fourth-order valence-electron chi connectivity index (χ4n) is 1.68. The van der Waals surface area contributed by atoms with E-state index in [1.165, 1.54) is 12.1 Å². The van der Waals surface area contributed by atoms with Crippen molar-refractivity contribution in [3.8, 4) is 0 Å². The maximum absolute atomic E-state index is 13.4. The van der Waals surface area contributed by atoms with E-state index in [0.29, 0.717) is 5.69 Å². The Hall–Kier alpha value is -2.11. The molecule has 0 aliphatic carbocycles. The van der Waals surface area contributed by atoms with Crippen molar-refractivity contribution in [1.82, 2.24) is 0 Å². The predicted molar refractivity (Wildman–Crippen MR) is 71.6 cm³/mol. The highest BCUT2D eigenvalue weighted by Gasteiger charge is 2.14. The van der Waals surface area contributed by atoms with Crippen LogP contribution >= 0.6 is 0 Å². The number of hydrogen-bond acceptors (Lipinski definition) is 3. The summed E-state index contributed by atoms with van der Waals surface area (Å²) in [6, 6.07) is 3.93. The number of carbonyl (C=O) groups excluding carboxylic acids is 1. The molecule has 1 atom stereocenters. The van der Waals surface area contributed by atoms with Crippen LogP contribution in [-0.4, -0.2) is 17.0 Å². The number of amidine groups is 1. The predicted octanol–water partition coefficient (Wildman–Crippen LogP) is 2.29. The first kappa shape index (κ1) is 14.9. The highest BCUT2D eigenvalue weighted by Crippen LogP contribution is 2.16. The normalized spacial score (nSPS) is 13.1. The van der Waals surface area contributed by atoms with Crippen LogP contribution in [0, 0.1) is 11.7 Å². The van der Waals surface area contributed by atoms with E-state index in [4.69, 9.17) is 10.9 Å². The Kier molecular flexibility index (Phi) is 5.29. The molecule has 1 aromatic carbocycles. The minimum absolute atomic E-state index is 0.0524.